The van der Waals surface area contributed by atoms with Gasteiger partial charge in [-0.2, -0.15) is 0 Å². The van der Waals surface area contributed by atoms with Crippen LogP contribution < -0.4 is 0 Å². The van der Waals surface area contributed by atoms with Gasteiger partial charge >= 0.3 is 0 Å². The quantitative estimate of drug-likeness (QED) is 0.515. The zero-order valence-electron chi connectivity index (χ0n) is 13.9. The second-order valence-corrected chi connectivity index (χ2v) is 5.84. The number of amides is 1. The van der Waals surface area contributed by atoms with Crippen molar-refractivity contribution < 1.29 is 14.7 Å². The molecule has 2 aromatic rings. The summed E-state index contributed by atoms with van der Waals surface area (Å²) in [5.41, 5.74) is 1.09. The zero-order chi connectivity index (χ0) is 17.8. The Morgan fingerprint density at radius 3 is 2.56 bits per heavy atom. The molecule has 6 heteroatoms. The van der Waals surface area contributed by atoms with Crippen LogP contribution in [0.3, 0.4) is 0 Å². The molecule has 1 unspecified atom stereocenters. The van der Waals surface area contributed by atoms with E-state index in [4.69, 9.17) is 0 Å². The first-order valence-corrected chi connectivity index (χ1v) is 8.25. The molecule has 1 aliphatic rings. The van der Waals surface area contributed by atoms with Crippen LogP contribution in [0.2, 0.25) is 0 Å². The van der Waals surface area contributed by atoms with Gasteiger partial charge in [0.2, 0.25) is 0 Å². The highest BCUT2D eigenvalue weighted by molar-refractivity contribution is 6.46. The topological polar surface area (TPSA) is 83.4 Å². The fraction of sp³-hybridized carbons (Fsp3) is 0.263. The maximum absolute atomic E-state index is 12.6. The maximum atomic E-state index is 12.6. The molecule has 0 bridgehead atoms. The molecule has 1 N–H and O–H groups in total. The molecule has 0 radical (unpaired) electrons. The Bertz CT molecular complexity index is 803. The zero-order valence-corrected chi connectivity index (χ0v) is 13.9. The summed E-state index contributed by atoms with van der Waals surface area (Å²) >= 11 is 0. The van der Waals surface area contributed by atoms with Gasteiger partial charge in [0.15, 0.2) is 0 Å². The first-order chi connectivity index (χ1) is 12.1. The summed E-state index contributed by atoms with van der Waals surface area (Å²) in [5, 5.41) is 10.7. The number of aliphatic hydroxyl groups is 1. The molecule has 1 amide bonds. The van der Waals surface area contributed by atoms with Gasteiger partial charge in [0.1, 0.15) is 11.8 Å². The average Bonchev–Trinajstić information content (AvgIpc) is 2.91. The summed E-state index contributed by atoms with van der Waals surface area (Å²) in [6, 6.07) is 7.85. The van der Waals surface area contributed by atoms with E-state index in [1.54, 1.807) is 36.5 Å². The number of unbranched alkanes of at least 4 members (excludes halogenated alkanes) is 1. The predicted octanol–water partition coefficient (Wildman–Crippen LogP) is 2.70. The van der Waals surface area contributed by atoms with Crippen LogP contribution in [-0.4, -0.2) is 38.2 Å². The van der Waals surface area contributed by atoms with Crippen molar-refractivity contribution in [1.82, 2.24) is 14.9 Å². The van der Waals surface area contributed by atoms with Crippen LogP contribution in [0.1, 0.15) is 37.1 Å². The van der Waals surface area contributed by atoms with Crippen molar-refractivity contribution >= 4 is 17.4 Å². The maximum Gasteiger partial charge on any atom is 0.295 e. The van der Waals surface area contributed by atoms with Crippen LogP contribution in [0.15, 0.2) is 54.5 Å². The van der Waals surface area contributed by atoms with Crippen molar-refractivity contribution in [2.45, 2.75) is 25.8 Å². The van der Waals surface area contributed by atoms with Gasteiger partial charge in [-0.3, -0.25) is 19.6 Å². The van der Waals surface area contributed by atoms with E-state index < -0.39 is 17.7 Å². The van der Waals surface area contributed by atoms with Gasteiger partial charge < -0.3 is 10.0 Å². The third-order valence-electron chi connectivity index (χ3n) is 4.21. The molecule has 128 valence electrons. The van der Waals surface area contributed by atoms with Crippen molar-refractivity contribution in [2.75, 3.05) is 6.54 Å². The number of pyridine rings is 2. The smallest absolute Gasteiger partial charge is 0.295 e. The Labute approximate surface area is 145 Å². The minimum Gasteiger partial charge on any atom is -0.507 e. The molecular weight excluding hydrogens is 318 g/mol. The molecule has 0 saturated carbocycles. The highest BCUT2D eigenvalue weighted by Crippen LogP contribution is 2.38. The van der Waals surface area contributed by atoms with Crippen molar-refractivity contribution in [3.8, 4) is 0 Å². The Kier molecular flexibility index (Phi) is 4.88. The van der Waals surface area contributed by atoms with E-state index >= 15 is 0 Å². The fourth-order valence-electron chi connectivity index (χ4n) is 2.95. The number of aromatic nitrogens is 2. The summed E-state index contributed by atoms with van der Waals surface area (Å²) in [7, 11) is 0. The molecular formula is C19H19N3O3. The van der Waals surface area contributed by atoms with Gasteiger partial charge in [-0.1, -0.05) is 19.4 Å². The summed E-state index contributed by atoms with van der Waals surface area (Å²) in [4.78, 5) is 34.9. The van der Waals surface area contributed by atoms with E-state index in [-0.39, 0.29) is 11.3 Å². The van der Waals surface area contributed by atoms with Crippen molar-refractivity contribution in [3.63, 3.8) is 0 Å². The van der Waals surface area contributed by atoms with Crippen LogP contribution in [0.4, 0.5) is 0 Å². The average molecular weight is 337 g/mol. The van der Waals surface area contributed by atoms with E-state index in [0.717, 1.165) is 12.8 Å². The first-order valence-electron chi connectivity index (χ1n) is 8.25. The van der Waals surface area contributed by atoms with Gasteiger partial charge in [-0.15, -0.1) is 0 Å². The number of ketones is 1. The second kappa shape index (κ2) is 7.25. The van der Waals surface area contributed by atoms with E-state index in [9.17, 15) is 14.7 Å². The van der Waals surface area contributed by atoms with Gasteiger partial charge in [0, 0.05) is 30.7 Å². The molecule has 1 saturated heterocycles. The van der Waals surface area contributed by atoms with Gasteiger partial charge in [-0.25, -0.2) is 0 Å². The molecule has 1 atom stereocenters. The lowest BCUT2D eigenvalue weighted by Crippen LogP contribution is -2.31. The number of hydrogen-bond acceptors (Lipinski definition) is 5. The highest BCUT2D eigenvalue weighted by atomic mass is 16.3. The minimum absolute atomic E-state index is 0.0750. The third kappa shape index (κ3) is 3.15. The molecule has 0 aromatic carbocycles. The first kappa shape index (κ1) is 16.8. The van der Waals surface area contributed by atoms with Crippen molar-refractivity contribution in [1.29, 1.82) is 0 Å². The molecule has 2 aromatic heterocycles. The number of likely N-dealkylation sites (tertiary alicyclic amines) is 1. The number of carbonyl (C=O) groups is 2. The molecule has 3 rings (SSSR count). The summed E-state index contributed by atoms with van der Waals surface area (Å²) < 4.78 is 0. The standard InChI is InChI=1S/C19H19N3O3/c1-2-3-12-22-16(14-6-4-5-9-21-14)15(18(24)19(22)25)17(23)13-7-10-20-11-8-13/h4-11,16,23H,2-3,12H2,1H3/b17-15-. The Hall–Kier alpha value is -3.02. The van der Waals surface area contributed by atoms with Gasteiger partial charge in [0.25, 0.3) is 11.7 Å². The fourth-order valence-corrected chi connectivity index (χ4v) is 2.95. The molecule has 25 heavy (non-hydrogen) atoms. The van der Waals surface area contributed by atoms with Crippen molar-refractivity contribution in [3.05, 3.63) is 65.8 Å². The van der Waals surface area contributed by atoms with Gasteiger partial charge in [0.05, 0.1) is 11.3 Å². The summed E-state index contributed by atoms with van der Waals surface area (Å²) in [6.07, 6.45) is 6.33. The number of carbonyl (C=O) groups excluding carboxylic acids is 2. The van der Waals surface area contributed by atoms with Crippen LogP contribution in [-0.2, 0) is 9.59 Å². The van der Waals surface area contributed by atoms with E-state index in [1.807, 2.05) is 6.92 Å². The van der Waals surface area contributed by atoms with E-state index in [0.29, 0.717) is 17.8 Å². The lowest BCUT2D eigenvalue weighted by Gasteiger charge is -2.24. The molecule has 6 nitrogen and oxygen atoms in total. The molecule has 1 aliphatic heterocycles. The van der Waals surface area contributed by atoms with Crippen LogP contribution in [0.5, 0.6) is 0 Å². The second-order valence-electron chi connectivity index (χ2n) is 5.84. The number of hydrogen-bond donors (Lipinski definition) is 1. The van der Waals surface area contributed by atoms with Crippen LogP contribution in [0, 0.1) is 0 Å². The van der Waals surface area contributed by atoms with Gasteiger partial charge in [-0.05, 0) is 30.7 Å². The largest absolute Gasteiger partial charge is 0.507 e. The Balaban J connectivity index is 2.14. The van der Waals surface area contributed by atoms with Crippen LogP contribution >= 0.6 is 0 Å². The van der Waals surface area contributed by atoms with E-state index in [1.165, 1.54) is 17.3 Å². The number of rotatable bonds is 5. The predicted molar refractivity (Wildman–Crippen MR) is 92.4 cm³/mol. The highest BCUT2D eigenvalue weighted by Gasteiger charge is 2.46. The molecule has 0 aliphatic carbocycles. The number of Topliss-reactive ketones (excluding diaryl/α,β-unsaturated/α-hetero) is 1. The molecule has 1 fully saturated rings. The monoisotopic (exact) mass is 337 g/mol. The Morgan fingerprint density at radius 1 is 1.16 bits per heavy atom. The van der Waals surface area contributed by atoms with Crippen LogP contribution in [0.25, 0.3) is 5.76 Å². The summed E-state index contributed by atoms with van der Waals surface area (Å²) in [6.45, 7) is 2.46. The SMILES string of the molecule is CCCCN1C(=O)C(=O)/C(=C(\O)c2ccncc2)C1c1ccccn1. The normalized spacial score (nSPS) is 19.4. The lowest BCUT2D eigenvalue weighted by molar-refractivity contribution is -0.140. The third-order valence-corrected chi connectivity index (χ3v) is 4.21. The summed E-state index contributed by atoms with van der Waals surface area (Å²) in [5.74, 6) is -1.48. The number of nitrogens with zero attached hydrogens (tertiary/aromatic N) is 3. The number of aliphatic hydroxyl groups excluding tert-OH is 1. The minimum atomic E-state index is -0.680. The molecule has 3 heterocycles. The van der Waals surface area contributed by atoms with E-state index in [2.05, 4.69) is 9.97 Å². The molecule has 0 spiro atoms. The Morgan fingerprint density at radius 2 is 1.92 bits per heavy atom. The lowest BCUT2D eigenvalue weighted by atomic mass is 9.98. The van der Waals surface area contributed by atoms with Crippen molar-refractivity contribution in [2.24, 2.45) is 0 Å².